The predicted octanol–water partition coefficient (Wildman–Crippen LogP) is 0.772. The van der Waals surface area contributed by atoms with Crippen molar-refractivity contribution in [1.82, 2.24) is 15.8 Å². The summed E-state index contributed by atoms with van der Waals surface area (Å²) in [6, 6.07) is 7.80. The lowest BCUT2D eigenvalue weighted by Crippen LogP contribution is -2.52. The van der Waals surface area contributed by atoms with E-state index in [2.05, 4.69) is 27.1 Å². The van der Waals surface area contributed by atoms with Gasteiger partial charge in [0.25, 0.3) is 0 Å². The first-order valence-electron chi connectivity index (χ1n) is 10.3. The van der Waals surface area contributed by atoms with Gasteiger partial charge in [-0.05, 0) is 55.4 Å². The standard InChI is InChI=1S/C20H25N5O3S/c21-8-5-15(12-1-2-12)25-16-6-9-22-20(26)18(16)19(24-25)23-14-3-4-17-13(11-14)7-10-29(17,27)28/h3-4,11-12,15-16,18-19,23-24H,1-2,5-7,9-10H2,(H,22,26)/t15-,16?,18?,19?/m0/s1. The van der Waals surface area contributed by atoms with Crippen molar-refractivity contribution in [2.45, 2.75) is 55.2 Å². The molecule has 9 heteroatoms. The monoisotopic (exact) mass is 415 g/mol. The number of fused-ring (bicyclic) bond motifs is 2. The maximum Gasteiger partial charge on any atom is 0.228 e. The minimum Gasteiger partial charge on any atom is -0.368 e. The third-order valence-corrected chi connectivity index (χ3v) is 8.45. The highest BCUT2D eigenvalue weighted by atomic mass is 32.2. The van der Waals surface area contributed by atoms with Crippen molar-refractivity contribution < 1.29 is 13.2 Å². The Morgan fingerprint density at radius 1 is 1.31 bits per heavy atom. The minimum atomic E-state index is -3.15. The van der Waals surface area contributed by atoms with Crippen LogP contribution in [0.5, 0.6) is 0 Å². The van der Waals surface area contributed by atoms with E-state index < -0.39 is 9.84 Å². The summed E-state index contributed by atoms with van der Waals surface area (Å²) in [5, 5.41) is 17.9. The van der Waals surface area contributed by atoms with Gasteiger partial charge in [0, 0.05) is 24.3 Å². The van der Waals surface area contributed by atoms with E-state index in [1.54, 1.807) is 12.1 Å². The summed E-state index contributed by atoms with van der Waals surface area (Å²) in [6.45, 7) is 0.644. The van der Waals surface area contributed by atoms with Crippen LogP contribution in [-0.2, 0) is 21.1 Å². The Morgan fingerprint density at radius 3 is 2.90 bits per heavy atom. The Bertz CT molecular complexity index is 984. The highest BCUT2D eigenvalue weighted by molar-refractivity contribution is 7.91. The van der Waals surface area contributed by atoms with Crippen LogP contribution in [0.15, 0.2) is 23.1 Å². The molecule has 29 heavy (non-hydrogen) atoms. The van der Waals surface area contributed by atoms with Crippen LogP contribution in [0.3, 0.4) is 0 Å². The number of hydrazine groups is 1. The molecule has 0 radical (unpaired) electrons. The molecule has 1 aliphatic carbocycles. The average molecular weight is 416 g/mol. The second-order valence-corrected chi connectivity index (χ2v) is 10.6. The van der Waals surface area contributed by atoms with E-state index in [9.17, 15) is 18.5 Å². The summed E-state index contributed by atoms with van der Waals surface area (Å²) >= 11 is 0. The maximum absolute atomic E-state index is 12.7. The zero-order valence-corrected chi connectivity index (χ0v) is 16.9. The van der Waals surface area contributed by atoms with Gasteiger partial charge >= 0.3 is 0 Å². The van der Waals surface area contributed by atoms with E-state index in [-0.39, 0.29) is 35.8 Å². The van der Waals surface area contributed by atoms with Crippen LogP contribution >= 0.6 is 0 Å². The van der Waals surface area contributed by atoms with Crippen molar-refractivity contribution in [2.75, 3.05) is 17.6 Å². The summed E-state index contributed by atoms with van der Waals surface area (Å²) in [5.74, 6) is 0.424. The fraction of sp³-hybridized carbons (Fsp3) is 0.600. The first-order chi connectivity index (χ1) is 14.0. The molecular weight excluding hydrogens is 390 g/mol. The number of benzene rings is 1. The molecule has 3 unspecified atom stereocenters. The van der Waals surface area contributed by atoms with Gasteiger partial charge in [-0.15, -0.1) is 0 Å². The minimum absolute atomic E-state index is 0.0176. The zero-order chi connectivity index (χ0) is 20.2. The van der Waals surface area contributed by atoms with Gasteiger partial charge in [-0.1, -0.05) is 0 Å². The SMILES string of the molecule is N#CC[C@@H](C1CC1)N1NC(Nc2ccc3c(c2)CCS3(=O)=O)C2C(=O)NCCC21. The molecule has 3 aliphatic heterocycles. The van der Waals surface area contributed by atoms with Crippen molar-refractivity contribution >= 4 is 21.4 Å². The van der Waals surface area contributed by atoms with Crippen molar-refractivity contribution in [3.63, 3.8) is 0 Å². The van der Waals surface area contributed by atoms with Crippen molar-refractivity contribution in [3.05, 3.63) is 23.8 Å². The summed E-state index contributed by atoms with van der Waals surface area (Å²) in [4.78, 5) is 13.1. The molecule has 2 saturated heterocycles. The molecule has 3 N–H and O–H groups in total. The second kappa shape index (κ2) is 6.97. The molecule has 5 rings (SSSR count). The van der Waals surface area contributed by atoms with Gasteiger partial charge < -0.3 is 10.6 Å². The number of amides is 1. The smallest absolute Gasteiger partial charge is 0.228 e. The summed E-state index contributed by atoms with van der Waals surface area (Å²) in [5.41, 5.74) is 5.13. The number of rotatable bonds is 5. The highest BCUT2D eigenvalue weighted by Gasteiger charge is 2.51. The third kappa shape index (κ3) is 3.29. The molecule has 8 nitrogen and oxygen atoms in total. The van der Waals surface area contributed by atoms with Crippen LogP contribution in [0.4, 0.5) is 5.69 Å². The summed E-state index contributed by atoms with van der Waals surface area (Å²) in [7, 11) is -3.15. The molecule has 1 amide bonds. The fourth-order valence-corrected chi connectivity index (χ4v) is 6.61. The number of carbonyl (C=O) groups excluding carboxylic acids is 1. The number of sulfone groups is 1. The van der Waals surface area contributed by atoms with Crippen LogP contribution < -0.4 is 16.1 Å². The Hall–Kier alpha value is -2.15. The van der Waals surface area contributed by atoms with Crippen LogP contribution in [0.1, 0.15) is 31.2 Å². The number of piperidine rings is 1. The highest BCUT2D eigenvalue weighted by Crippen LogP contribution is 2.41. The lowest BCUT2D eigenvalue weighted by molar-refractivity contribution is -0.128. The van der Waals surface area contributed by atoms with E-state index in [4.69, 9.17) is 0 Å². The van der Waals surface area contributed by atoms with Gasteiger partial charge in [0.05, 0.1) is 29.1 Å². The van der Waals surface area contributed by atoms with Gasteiger partial charge in [-0.3, -0.25) is 4.79 Å². The van der Waals surface area contributed by atoms with Crippen molar-refractivity contribution in [1.29, 1.82) is 5.26 Å². The number of nitrogens with zero attached hydrogens (tertiary/aromatic N) is 2. The number of hydrogen-bond acceptors (Lipinski definition) is 7. The first kappa shape index (κ1) is 18.9. The molecule has 0 aromatic heterocycles. The van der Waals surface area contributed by atoms with Crippen molar-refractivity contribution in [3.8, 4) is 6.07 Å². The number of hydrogen-bond donors (Lipinski definition) is 3. The van der Waals surface area contributed by atoms with E-state index >= 15 is 0 Å². The first-order valence-corrected chi connectivity index (χ1v) is 11.9. The van der Waals surface area contributed by atoms with Gasteiger partial charge in [0.2, 0.25) is 5.91 Å². The lowest BCUT2D eigenvalue weighted by Gasteiger charge is -2.34. The van der Waals surface area contributed by atoms with E-state index in [1.165, 1.54) is 0 Å². The molecule has 3 heterocycles. The molecule has 1 aromatic carbocycles. The Morgan fingerprint density at radius 2 is 2.14 bits per heavy atom. The molecule has 4 aliphatic rings. The summed E-state index contributed by atoms with van der Waals surface area (Å²) < 4.78 is 24.1. The van der Waals surface area contributed by atoms with Crippen LogP contribution in [0.2, 0.25) is 0 Å². The topological polar surface area (TPSA) is 114 Å². The van der Waals surface area contributed by atoms with Crippen LogP contribution in [0, 0.1) is 23.2 Å². The lowest BCUT2D eigenvalue weighted by atomic mass is 9.90. The molecule has 0 spiro atoms. The van der Waals surface area contributed by atoms with Gasteiger partial charge in [-0.2, -0.15) is 5.26 Å². The van der Waals surface area contributed by atoms with E-state index in [0.29, 0.717) is 30.2 Å². The number of aryl methyl sites for hydroxylation is 1. The van der Waals surface area contributed by atoms with Gasteiger partial charge in [0.15, 0.2) is 9.84 Å². The van der Waals surface area contributed by atoms with Gasteiger partial charge in [0.1, 0.15) is 6.17 Å². The largest absolute Gasteiger partial charge is 0.368 e. The number of anilines is 1. The third-order valence-electron chi connectivity index (χ3n) is 6.64. The molecule has 4 atom stereocenters. The normalized spacial score (nSPS) is 31.4. The molecule has 154 valence electrons. The Labute approximate surface area is 170 Å². The fourth-order valence-electron chi connectivity index (χ4n) is 5.07. The Kier molecular flexibility index (Phi) is 4.53. The van der Waals surface area contributed by atoms with Crippen LogP contribution in [-0.4, -0.2) is 49.9 Å². The average Bonchev–Trinajstić information content (AvgIpc) is 3.41. The summed E-state index contributed by atoms with van der Waals surface area (Å²) in [6.07, 6.45) is 3.79. The molecule has 0 bridgehead atoms. The predicted molar refractivity (Wildman–Crippen MR) is 106 cm³/mol. The number of nitrogens with one attached hydrogen (secondary N) is 3. The van der Waals surface area contributed by atoms with E-state index in [1.807, 2.05) is 6.07 Å². The second-order valence-electron chi connectivity index (χ2n) is 8.49. The molecule has 1 saturated carbocycles. The van der Waals surface area contributed by atoms with Crippen molar-refractivity contribution in [2.24, 2.45) is 11.8 Å². The molecular formula is C20H25N5O3S. The Balaban J connectivity index is 1.41. The quantitative estimate of drug-likeness (QED) is 0.651. The molecule has 3 fully saturated rings. The zero-order valence-electron chi connectivity index (χ0n) is 16.1. The maximum atomic E-state index is 12.7. The van der Waals surface area contributed by atoms with E-state index in [0.717, 1.165) is 30.5 Å². The number of carbonyl (C=O) groups is 1. The molecule has 1 aromatic rings. The van der Waals surface area contributed by atoms with Gasteiger partial charge in [-0.25, -0.2) is 18.9 Å². The van der Waals surface area contributed by atoms with Crippen LogP contribution in [0.25, 0.3) is 0 Å². The number of nitriles is 1.